The second-order valence-electron chi connectivity index (χ2n) is 5.72. The largest absolute Gasteiger partial charge is 0.416 e. The van der Waals surface area contributed by atoms with Crippen LogP contribution in [-0.2, 0) is 27.5 Å². The number of benzene rings is 2. The van der Waals surface area contributed by atoms with Crippen molar-refractivity contribution in [3.63, 3.8) is 0 Å². The number of sulfonamides is 1. The van der Waals surface area contributed by atoms with E-state index in [0.717, 1.165) is 22.7 Å². The van der Waals surface area contributed by atoms with Gasteiger partial charge < -0.3 is 5.32 Å². The first-order valence-corrected chi connectivity index (χ1v) is 9.85. The fourth-order valence-electron chi connectivity index (χ4n) is 2.25. The summed E-state index contributed by atoms with van der Waals surface area (Å²) in [5, 5.41) is 2.83. The molecular formula is C17H16ClF3N2O3S. The second-order valence-corrected chi connectivity index (χ2v) is 8.06. The summed E-state index contributed by atoms with van der Waals surface area (Å²) in [6, 6.07) is 10.4. The van der Waals surface area contributed by atoms with E-state index in [1.54, 1.807) is 0 Å². The lowest BCUT2D eigenvalue weighted by Crippen LogP contribution is -2.40. The molecule has 0 aliphatic carbocycles. The molecule has 0 aromatic heterocycles. The molecule has 27 heavy (non-hydrogen) atoms. The van der Waals surface area contributed by atoms with Crippen LogP contribution in [0, 0.1) is 0 Å². The Hall–Kier alpha value is -2.26. The van der Waals surface area contributed by atoms with E-state index in [2.05, 4.69) is 5.32 Å². The molecule has 0 saturated carbocycles. The van der Waals surface area contributed by atoms with Crippen LogP contribution >= 0.6 is 11.6 Å². The highest BCUT2D eigenvalue weighted by atomic mass is 35.5. The highest BCUT2D eigenvalue weighted by Gasteiger charge is 2.30. The predicted molar refractivity (Wildman–Crippen MR) is 96.9 cm³/mol. The number of hydrogen-bond acceptors (Lipinski definition) is 3. The van der Waals surface area contributed by atoms with Crippen molar-refractivity contribution in [3.05, 3.63) is 64.7 Å². The Balaban J connectivity index is 2.08. The van der Waals surface area contributed by atoms with Crippen molar-refractivity contribution >= 4 is 33.2 Å². The van der Waals surface area contributed by atoms with Gasteiger partial charge in [0.05, 0.1) is 17.5 Å². The minimum atomic E-state index is -4.48. The highest BCUT2D eigenvalue weighted by molar-refractivity contribution is 7.92. The number of halogens is 4. The molecule has 2 aromatic rings. The summed E-state index contributed by atoms with van der Waals surface area (Å²) in [6.07, 6.45) is -3.54. The number of amides is 1. The molecule has 0 aliphatic heterocycles. The molecule has 5 nitrogen and oxygen atoms in total. The van der Waals surface area contributed by atoms with Crippen molar-refractivity contribution in [2.45, 2.75) is 12.7 Å². The van der Waals surface area contributed by atoms with Gasteiger partial charge in [0.25, 0.3) is 0 Å². The average molecular weight is 421 g/mol. The number of carbonyl (C=O) groups excluding carboxylic acids is 1. The second kappa shape index (κ2) is 8.18. The molecular weight excluding hydrogens is 405 g/mol. The molecule has 0 unspecified atom stereocenters. The van der Waals surface area contributed by atoms with Crippen LogP contribution < -0.4 is 9.62 Å². The van der Waals surface area contributed by atoms with Crippen molar-refractivity contribution in [1.82, 2.24) is 5.32 Å². The number of hydrogen-bond donors (Lipinski definition) is 1. The van der Waals surface area contributed by atoms with Crippen molar-refractivity contribution in [2.24, 2.45) is 0 Å². The van der Waals surface area contributed by atoms with Crippen LogP contribution in [0.2, 0.25) is 5.02 Å². The Morgan fingerprint density at radius 2 is 1.78 bits per heavy atom. The molecule has 0 saturated heterocycles. The smallest absolute Gasteiger partial charge is 0.350 e. The van der Waals surface area contributed by atoms with Gasteiger partial charge in [-0.05, 0) is 42.0 Å². The summed E-state index contributed by atoms with van der Waals surface area (Å²) >= 11 is 5.77. The van der Waals surface area contributed by atoms with E-state index in [-0.39, 0.29) is 17.8 Å². The Morgan fingerprint density at radius 3 is 2.33 bits per heavy atom. The summed E-state index contributed by atoms with van der Waals surface area (Å²) in [6.45, 7) is -0.680. The van der Waals surface area contributed by atoms with Gasteiger partial charge in [-0.1, -0.05) is 23.7 Å². The predicted octanol–water partition coefficient (Wildman–Crippen LogP) is 3.44. The molecule has 1 amide bonds. The van der Waals surface area contributed by atoms with Crippen LogP contribution in [-0.4, -0.2) is 27.1 Å². The van der Waals surface area contributed by atoms with E-state index in [9.17, 15) is 26.4 Å². The Kier molecular flexibility index (Phi) is 6.38. The van der Waals surface area contributed by atoms with Gasteiger partial charge in [0.1, 0.15) is 6.54 Å². The lowest BCUT2D eigenvalue weighted by molar-refractivity contribution is -0.137. The summed E-state index contributed by atoms with van der Waals surface area (Å²) in [5.74, 6) is -0.659. The molecule has 0 bridgehead atoms. The van der Waals surface area contributed by atoms with E-state index in [0.29, 0.717) is 5.02 Å². The molecule has 0 radical (unpaired) electrons. The number of alkyl halides is 3. The van der Waals surface area contributed by atoms with Crippen molar-refractivity contribution in [3.8, 4) is 0 Å². The van der Waals surface area contributed by atoms with Crippen LogP contribution in [0.3, 0.4) is 0 Å². The minimum absolute atomic E-state index is 0.166. The SMILES string of the molecule is CS(=O)(=O)N(CC(=O)NCc1cccc(C(F)(F)F)c1)c1ccc(Cl)cc1. The number of rotatable bonds is 6. The van der Waals surface area contributed by atoms with Gasteiger partial charge in [0.15, 0.2) is 0 Å². The number of anilines is 1. The molecule has 2 rings (SSSR count). The summed E-state index contributed by atoms with van der Waals surface area (Å²) in [7, 11) is -3.75. The third-order valence-corrected chi connectivity index (χ3v) is 4.94. The zero-order chi connectivity index (χ0) is 20.2. The van der Waals surface area contributed by atoms with Crippen LogP contribution in [0.1, 0.15) is 11.1 Å². The van der Waals surface area contributed by atoms with Crippen molar-refractivity contribution in [2.75, 3.05) is 17.1 Å². The zero-order valence-corrected chi connectivity index (χ0v) is 15.7. The van der Waals surface area contributed by atoms with Gasteiger partial charge in [0.2, 0.25) is 15.9 Å². The average Bonchev–Trinajstić information content (AvgIpc) is 2.57. The molecule has 2 aromatic carbocycles. The van der Waals surface area contributed by atoms with E-state index in [4.69, 9.17) is 11.6 Å². The fraction of sp³-hybridized carbons (Fsp3) is 0.235. The third-order valence-electron chi connectivity index (χ3n) is 3.55. The first-order valence-electron chi connectivity index (χ1n) is 7.63. The lowest BCUT2D eigenvalue weighted by Gasteiger charge is -2.22. The normalized spacial score (nSPS) is 11.9. The summed E-state index contributed by atoms with van der Waals surface area (Å²) < 4.78 is 63.0. The zero-order valence-electron chi connectivity index (χ0n) is 14.1. The highest BCUT2D eigenvalue weighted by Crippen LogP contribution is 2.29. The van der Waals surface area contributed by atoms with Gasteiger partial charge in [-0.25, -0.2) is 8.42 Å². The van der Waals surface area contributed by atoms with Gasteiger partial charge in [-0.15, -0.1) is 0 Å². The lowest BCUT2D eigenvalue weighted by atomic mass is 10.1. The minimum Gasteiger partial charge on any atom is -0.350 e. The van der Waals surface area contributed by atoms with Crippen LogP contribution in [0.15, 0.2) is 48.5 Å². The number of nitrogens with zero attached hydrogens (tertiary/aromatic N) is 1. The topological polar surface area (TPSA) is 66.5 Å². The first kappa shape index (κ1) is 21.0. The van der Waals surface area contributed by atoms with Crippen molar-refractivity contribution < 1.29 is 26.4 Å². The molecule has 10 heteroatoms. The number of nitrogens with one attached hydrogen (secondary N) is 1. The quantitative estimate of drug-likeness (QED) is 0.778. The summed E-state index contributed by atoms with van der Waals surface area (Å²) in [5.41, 5.74) is -0.333. The molecule has 0 fully saturated rings. The number of carbonyl (C=O) groups is 1. The van der Waals surface area contributed by atoms with E-state index in [1.807, 2.05) is 0 Å². The van der Waals surface area contributed by atoms with E-state index in [1.165, 1.54) is 36.4 Å². The molecule has 0 aliphatic rings. The van der Waals surface area contributed by atoms with Crippen LogP contribution in [0.4, 0.5) is 18.9 Å². The molecule has 146 valence electrons. The maximum atomic E-state index is 12.7. The summed E-state index contributed by atoms with van der Waals surface area (Å²) in [4.78, 5) is 12.1. The fourth-order valence-corrected chi connectivity index (χ4v) is 3.23. The Bertz CT molecular complexity index is 916. The van der Waals surface area contributed by atoms with Gasteiger partial charge in [-0.2, -0.15) is 13.2 Å². The molecule has 0 spiro atoms. The third kappa shape index (κ3) is 6.14. The van der Waals surface area contributed by atoms with E-state index < -0.39 is 34.2 Å². The van der Waals surface area contributed by atoms with Crippen LogP contribution in [0.25, 0.3) is 0 Å². The van der Waals surface area contributed by atoms with Gasteiger partial charge in [0, 0.05) is 11.6 Å². The monoisotopic (exact) mass is 420 g/mol. The van der Waals surface area contributed by atoms with Crippen LogP contribution in [0.5, 0.6) is 0 Å². The Morgan fingerprint density at radius 1 is 1.15 bits per heavy atom. The maximum Gasteiger partial charge on any atom is 0.416 e. The molecule has 0 heterocycles. The van der Waals surface area contributed by atoms with Gasteiger partial charge in [-0.3, -0.25) is 9.10 Å². The maximum absolute atomic E-state index is 12.7. The van der Waals surface area contributed by atoms with E-state index >= 15 is 0 Å². The van der Waals surface area contributed by atoms with Gasteiger partial charge >= 0.3 is 6.18 Å². The molecule has 1 N–H and O–H groups in total. The first-order chi connectivity index (χ1) is 12.5. The Labute approximate surface area is 159 Å². The molecule has 0 atom stereocenters. The standard InChI is InChI=1S/C17H16ClF3N2O3S/c1-27(25,26)23(15-7-5-14(18)6-8-15)11-16(24)22-10-12-3-2-4-13(9-12)17(19,20)21/h2-9H,10-11H2,1H3,(H,22,24). The van der Waals surface area contributed by atoms with Crippen molar-refractivity contribution in [1.29, 1.82) is 0 Å².